The van der Waals surface area contributed by atoms with E-state index in [1.807, 2.05) is 40.4 Å². The number of fused-ring (bicyclic) bond motifs is 1. The second-order valence-electron chi connectivity index (χ2n) is 5.26. The van der Waals surface area contributed by atoms with E-state index in [1.54, 1.807) is 13.1 Å². The predicted molar refractivity (Wildman–Crippen MR) is 96.0 cm³/mol. The third-order valence-corrected chi connectivity index (χ3v) is 4.72. The molecule has 3 heterocycles. The summed E-state index contributed by atoms with van der Waals surface area (Å²) >= 11 is 4.77. The Morgan fingerprint density at radius 3 is 2.92 bits per heavy atom. The summed E-state index contributed by atoms with van der Waals surface area (Å²) in [4.78, 5) is 30.6. The van der Waals surface area contributed by atoms with E-state index >= 15 is 0 Å². The summed E-state index contributed by atoms with van der Waals surface area (Å²) in [6.07, 6.45) is 3.77. The van der Waals surface area contributed by atoms with Crippen molar-refractivity contribution in [3.8, 4) is 0 Å². The molecule has 0 aliphatic heterocycles. The Kier molecular flexibility index (Phi) is 4.96. The second kappa shape index (κ2) is 7.14. The monoisotopic (exact) mass is 406 g/mol. The molecule has 3 rings (SSSR count). The van der Waals surface area contributed by atoms with Gasteiger partial charge in [0.05, 0.1) is 23.7 Å². The highest BCUT2D eigenvalue weighted by Crippen LogP contribution is 2.13. The minimum absolute atomic E-state index is 0.00958. The lowest BCUT2D eigenvalue weighted by atomic mass is 10.4. The van der Waals surface area contributed by atoms with Crippen molar-refractivity contribution in [2.45, 2.75) is 6.54 Å². The zero-order valence-electron chi connectivity index (χ0n) is 12.9. The van der Waals surface area contributed by atoms with E-state index in [4.69, 9.17) is 0 Å². The highest BCUT2D eigenvalue weighted by atomic mass is 79.9. The summed E-state index contributed by atoms with van der Waals surface area (Å²) in [7, 11) is 1.62. The van der Waals surface area contributed by atoms with Gasteiger partial charge in [-0.3, -0.25) is 9.59 Å². The fraction of sp³-hybridized carbons (Fsp3) is 0.188. The lowest BCUT2D eigenvalue weighted by Crippen LogP contribution is -2.37. The molecule has 0 aliphatic rings. The van der Waals surface area contributed by atoms with E-state index in [2.05, 4.69) is 26.2 Å². The average molecular weight is 407 g/mol. The molecule has 0 spiro atoms. The Morgan fingerprint density at radius 2 is 2.17 bits per heavy atom. The van der Waals surface area contributed by atoms with E-state index in [0.29, 0.717) is 11.4 Å². The molecule has 8 heteroatoms. The van der Waals surface area contributed by atoms with Crippen LogP contribution in [0.1, 0.15) is 15.4 Å². The molecule has 1 N–H and O–H groups in total. The number of hydrogen-bond acceptors (Lipinski definition) is 4. The quantitative estimate of drug-likeness (QED) is 0.707. The fourth-order valence-electron chi connectivity index (χ4n) is 2.22. The largest absolute Gasteiger partial charge is 0.349 e. The Bertz CT molecular complexity index is 875. The normalized spacial score (nSPS) is 10.8. The van der Waals surface area contributed by atoms with Gasteiger partial charge in [0.25, 0.3) is 5.91 Å². The highest BCUT2D eigenvalue weighted by molar-refractivity contribution is 9.10. The minimum atomic E-state index is -0.222. The number of carbonyl (C=O) groups is 2. The Balaban J connectivity index is 1.55. The van der Waals surface area contributed by atoms with Crippen molar-refractivity contribution in [2.24, 2.45) is 0 Å². The standard InChI is InChI=1S/C16H15BrN4O2S/c1-20(16(23)13-3-2-6-24-13)10-15(22)18-7-12-9-21-8-11(17)4-5-14(21)19-12/h2-6,8-9H,7,10H2,1H3,(H,18,22). The smallest absolute Gasteiger partial charge is 0.264 e. The molecule has 0 unspecified atom stereocenters. The first-order valence-corrected chi connectivity index (χ1v) is 8.89. The number of hydrogen-bond donors (Lipinski definition) is 1. The molecule has 24 heavy (non-hydrogen) atoms. The van der Waals surface area contributed by atoms with Gasteiger partial charge >= 0.3 is 0 Å². The van der Waals surface area contributed by atoms with Crippen LogP contribution in [0.5, 0.6) is 0 Å². The predicted octanol–water partition coefficient (Wildman–Crippen LogP) is 2.55. The Labute approximate surface area is 151 Å². The maximum absolute atomic E-state index is 12.1. The van der Waals surface area contributed by atoms with Crippen LogP contribution in [0.25, 0.3) is 5.65 Å². The molecule has 0 atom stereocenters. The third kappa shape index (κ3) is 3.82. The number of nitrogens with zero attached hydrogens (tertiary/aromatic N) is 3. The lowest BCUT2D eigenvalue weighted by Gasteiger charge is -2.15. The molecule has 2 amide bonds. The molecule has 0 aliphatic carbocycles. The van der Waals surface area contributed by atoms with Crippen molar-refractivity contribution >= 4 is 44.7 Å². The van der Waals surface area contributed by atoms with Crippen molar-refractivity contribution in [3.05, 3.63) is 57.1 Å². The van der Waals surface area contributed by atoms with Gasteiger partial charge in [-0.25, -0.2) is 4.98 Å². The fourth-order valence-corrected chi connectivity index (χ4v) is 3.29. The summed E-state index contributed by atoms with van der Waals surface area (Å²) in [6, 6.07) is 7.36. The van der Waals surface area contributed by atoms with Crippen LogP contribution in [0.4, 0.5) is 0 Å². The molecule has 0 bridgehead atoms. The van der Waals surface area contributed by atoms with Gasteiger partial charge < -0.3 is 14.6 Å². The van der Waals surface area contributed by atoms with Gasteiger partial charge in [-0.05, 0) is 39.5 Å². The summed E-state index contributed by atoms with van der Waals surface area (Å²) in [5.41, 5.74) is 1.57. The highest BCUT2D eigenvalue weighted by Gasteiger charge is 2.15. The first-order valence-electron chi connectivity index (χ1n) is 7.22. The number of imidazole rings is 1. The summed E-state index contributed by atoms with van der Waals surface area (Å²) in [5.74, 6) is -0.377. The van der Waals surface area contributed by atoms with Crippen LogP contribution in [0, 0.1) is 0 Å². The van der Waals surface area contributed by atoms with Crippen LogP contribution in [-0.2, 0) is 11.3 Å². The molecule has 0 saturated carbocycles. The van der Waals surface area contributed by atoms with Gasteiger partial charge in [-0.1, -0.05) is 6.07 Å². The van der Waals surface area contributed by atoms with E-state index < -0.39 is 0 Å². The van der Waals surface area contributed by atoms with E-state index in [1.165, 1.54) is 16.2 Å². The number of carbonyl (C=O) groups excluding carboxylic acids is 2. The number of likely N-dealkylation sites (N-methyl/N-ethyl adjacent to an activating group) is 1. The van der Waals surface area contributed by atoms with Crippen LogP contribution in [0.3, 0.4) is 0 Å². The van der Waals surface area contributed by atoms with Crippen LogP contribution < -0.4 is 5.32 Å². The molecule has 3 aromatic rings. The van der Waals surface area contributed by atoms with Crippen LogP contribution in [-0.4, -0.2) is 39.7 Å². The maximum atomic E-state index is 12.1. The van der Waals surface area contributed by atoms with Crippen molar-refractivity contribution in [1.29, 1.82) is 0 Å². The molecule has 0 radical (unpaired) electrons. The lowest BCUT2D eigenvalue weighted by molar-refractivity contribution is -0.121. The number of aromatic nitrogens is 2. The zero-order chi connectivity index (χ0) is 17.1. The van der Waals surface area contributed by atoms with Crippen LogP contribution in [0.2, 0.25) is 0 Å². The first kappa shape index (κ1) is 16.7. The molecule has 0 fully saturated rings. The molecular weight excluding hydrogens is 392 g/mol. The Morgan fingerprint density at radius 1 is 1.33 bits per heavy atom. The zero-order valence-corrected chi connectivity index (χ0v) is 15.3. The molecule has 124 valence electrons. The topological polar surface area (TPSA) is 66.7 Å². The number of rotatable bonds is 5. The van der Waals surface area contributed by atoms with Gasteiger partial charge in [0, 0.05) is 23.9 Å². The van der Waals surface area contributed by atoms with Gasteiger partial charge in [0.1, 0.15) is 5.65 Å². The minimum Gasteiger partial charge on any atom is -0.349 e. The number of nitrogens with one attached hydrogen (secondary N) is 1. The summed E-state index contributed by atoms with van der Waals surface area (Å²) < 4.78 is 2.84. The second-order valence-corrected chi connectivity index (χ2v) is 7.12. The number of pyridine rings is 1. The average Bonchev–Trinajstić information content (AvgIpc) is 3.21. The number of amides is 2. The van der Waals surface area contributed by atoms with Crippen molar-refractivity contribution in [2.75, 3.05) is 13.6 Å². The van der Waals surface area contributed by atoms with Crippen LogP contribution in [0.15, 0.2) is 46.5 Å². The number of halogens is 1. The van der Waals surface area contributed by atoms with E-state index in [9.17, 15) is 9.59 Å². The Hall–Kier alpha value is -2.19. The van der Waals surface area contributed by atoms with E-state index in [-0.39, 0.29) is 18.4 Å². The van der Waals surface area contributed by atoms with Crippen molar-refractivity contribution in [3.63, 3.8) is 0 Å². The maximum Gasteiger partial charge on any atom is 0.264 e. The summed E-state index contributed by atoms with van der Waals surface area (Å²) in [5, 5.41) is 4.62. The van der Waals surface area contributed by atoms with Gasteiger partial charge in [-0.2, -0.15) is 0 Å². The third-order valence-electron chi connectivity index (χ3n) is 3.39. The van der Waals surface area contributed by atoms with Crippen molar-refractivity contribution < 1.29 is 9.59 Å². The van der Waals surface area contributed by atoms with E-state index in [0.717, 1.165) is 15.8 Å². The van der Waals surface area contributed by atoms with Gasteiger partial charge in [-0.15, -0.1) is 11.3 Å². The SMILES string of the molecule is CN(CC(=O)NCc1cn2cc(Br)ccc2n1)C(=O)c1cccs1. The van der Waals surface area contributed by atoms with Gasteiger partial charge in [0.2, 0.25) is 5.91 Å². The molecule has 0 aromatic carbocycles. The molecule has 0 saturated heterocycles. The van der Waals surface area contributed by atoms with Gasteiger partial charge in [0.15, 0.2) is 0 Å². The molecule has 6 nitrogen and oxygen atoms in total. The molecule has 3 aromatic heterocycles. The van der Waals surface area contributed by atoms with Crippen molar-refractivity contribution in [1.82, 2.24) is 19.6 Å². The summed E-state index contributed by atoms with van der Waals surface area (Å²) in [6.45, 7) is 0.328. The molecular formula is C16H15BrN4O2S. The van der Waals surface area contributed by atoms with Crippen LogP contribution >= 0.6 is 27.3 Å². The first-order chi connectivity index (χ1) is 11.5. The number of thiophene rings is 1.